The zero-order chi connectivity index (χ0) is 19.4. The molecule has 1 aromatic heterocycles. The molecule has 27 heavy (non-hydrogen) atoms. The van der Waals surface area contributed by atoms with Crippen LogP contribution in [0.5, 0.6) is 0 Å². The van der Waals surface area contributed by atoms with E-state index >= 15 is 0 Å². The summed E-state index contributed by atoms with van der Waals surface area (Å²) < 4.78 is 39.8. The van der Waals surface area contributed by atoms with E-state index in [2.05, 4.69) is 20.8 Å². The Bertz CT molecular complexity index is 960. The molecule has 1 amide bonds. The molecule has 2 aromatic carbocycles. The maximum atomic E-state index is 13.6. The van der Waals surface area contributed by atoms with Gasteiger partial charge in [0.25, 0.3) is 0 Å². The summed E-state index contributed by atoms with van der Waals surface area (Å²) >= 11 is 0. The third-order valence-electron chi connectivity index (χ3n) is 3.72. The molecule has 0 radical (unpaired) electrons. The van der Waals surface area contributed by atoms with Crippen LogP contribution >= 0.6 is 0 Å². The van der Waals surface area contributed by atoms with Crippen molar-refractivity contribution in [2.75, 3.05) is 10.6 Å². The summed E-state index contributed by atoms with van der Waals surface area (Å²) in [5.74, 6) is -4.16. The van der Waals surface area contributed by atoms with E-state index in [-0.39, 0.29) is 29.7 Å². The highest BCUT2D eigenvalue weighted by molar-refractivity contribution is 5.91. The van der Waals surface area contributed by atoms with E-state index in [1.807, 2.05) is 31.2 Å². The van der Waals surface area contributed by atoms with Crippen LogP contribution in [-0.2, 0) is 11.2 Å². The summed E-state index contributed by atoms with van der Waals surface area (Å²) in [5, 5.41) is 12.7. The Morgan fingerprint density at radius 3 is 2.22 bits per heavy atom. The van der Waals surface area contributed by atoms with Gasteiger partial charge in [-0.05, 0) is 36.8 Å². The first-order chi connectivity index (χ1) is 12.9. The first kappa shape index (κ1) is 18.4. The Kier molecular flexibility index (Phi) is 5.35. The summed E-state index contributed by atoms with van der Waals surface area (Å²) in [6.07, 6.45) is 0.183. The number of aryl methyl sites for hydroxylation is 1. The van der Waals surface area contributed by atoms with E-state index in [1.54, 1.807) is 0 Å². The predicted octanol–water partition coefficient (Wildman–Crippen LogP) is 4.13. The molecule has 0 unspecified atom stereocenters. The van der Waals surface area contributed by atoms with Crippen LogP contribution in [-0.4, -0.2) is 16.1 Å². The average molecular weight is 372 g/mol. The fraction of sp³-hybridized carbons (Fsp3) is 0.105. The molecule has 3 aromatic rings. The minimum atomic E-state index is -1.58. The van der Waals surface area contributed by atoms with Gasteiger partial charge in [-0.1, -0.05) is 29.8 Å². The second-order valence-corrected chi connectivity index (χ2v) is 5.86. The van der Waals surface area contributed by atoms with Crippen molar-refractivity contribution in [3.05, 3.63) is 77.1 Å². The first-order valence-electron chi connectivity index (χ1n) is 8.02. The number of rotatable bonds is 5. The van der Waals surface area contributed by atoms with Gasteiger partial charge in [-0.25, -0.2) is 13.2 Å². The number of benzene rings is 2. The van der Waals surface area contributed by atoms with Crippen LogP contribution in [0.15, 0.2) is 48.5 Å². The highest BCUT2D eigenvalue weighted by Crippen LogP contribution is 2.22. The van der Waals surface area contributed by atoms with Crippen molar-refractivity contribution >= 4 is 23.2 Å². The van der Waals surface area contributed by atoms with Gasteiger partial charge < -0.3 is 10.6 Å². The smallest absolute Gasteiger partial charge is 0.229 e. The fourth-order valence-electron chi connectivity index (χ4n) is 2.30. The van der Waals surface area contributed by atoms with Gasteiger partial charge >= 0.3 is 0 Å². The van der Waals surface area contributed by atoms with Crippen LogP contribution in [0, 0.1) is 24.4 Å². The first-order valence-corrected chi connectivity index (χ1v) is 8.02. The second-order valence-electron chi connectivity index (χ2n) is 5.86. The molecule has 0 aliphatic heterocycles. The van der Waals surface area contributed by atoms with Gasteiger partial charge in [-0.3, -0.25) is 4.79 Å². The molecular formula is C19H15F3N4O. The van der Waals surface area contributed by atoms with E-state index in [0.29, 0.717) is 0 Å². The Hall–Kier alpha value is -3.42. The third-order valence-corrected chi connectivity index (χ3v) is 3.72. The second kappa shape index (κ2) is 7.86. The number of carbonyl (C=O) groups is 1. The highest BCUT2D eigenvalue weighted by atomic mass is 19.2. The largest absolute Gasteiger partial charge is 0.336 e. The van der Waals surface area contributed by atoms with E-state index in [4.69, 9.17) is 0 Å². The Labute approximate surface area is 153 Å². The molecule has 0 aliphatic carbocycles. The summed E-state index contributed by atoms with van der Waals surface area (Å²) in [6, 6.07) is 12.3. The van der Waals surface area contributed by atoms with Crippen molar-refractivity contribution in [2.24, 2.45) is 0 Å². The van der Waals surface area contributed by atoms with Gasteiger partial charge in [-0.2, -0.15) is 0 Å². The lowest BCUT2D eigenvalue weighted by Crippen LogP contribution is -2.15. The number of aromatic nitrogens is 2. The van der Waals surface area contributed by atoms with Crippen molar-refractivity contribution in [1.82, 2.24) is 10.2 Å². The number of halogens is 3. The molecule has 0 saturated carbocycles. The minimum absolute atomic E-state index is 0.108. The molecule has 0 fully saturated rings. The summed E-state index contributed by atoms with van der Waals surface area (Å²) in [6.45, 7) is 1.96. The van der Waals surface area contributed by atoms with E-state index < -0.39 is 17.5 Å². The highest BCUT2D eigenvalue weighted by Gasteiger charge is 2.14. The van der Waals surface area contributed by atoms with Gasteiger partial charge in [0.15, 0.2) is 29.1 Å². The van der Waals surface area contributed by atoms with Crippen LogP contribution in [0.1, 0.15) is 11.1 Å². The number of anilines is 3. The number of carbonyl (C=O) groups excluding carboxylic acids is 1. The molecule has 5 nitrogen and oxygen atoms in total. The Balaban J connectivity index is 1.62. The molecule has 0 spiro atoms. The van der Waals surface area contributed by atoms with Crippen molar-refractivity contribution in [3.8, 4) is 0 Å². The molecule has 138 valence electrons. The number of nitrogens with zero attached hydrogens (tertiary/aromatic N) is 2. The number of nitrogens with one attached hydrogen (secondary N) is 2. The summed E-state index contributed by atoms with van der Waals surface area (Å²) in [5.41, 5.74) is 1.68. The molecule has 0 saturated heterocycles. The molecule has 0 bridgehead atoms. The van der Waals surface area contributed by atoms with Gasteiger partial charge in [0.05, 0.1) is 12.1 Å². The molecule has 2 N–H and O–H groups in total. The third kappa shape index (κ3) is 4.60. The zero-order valence-electron chi connectivity index (χ0n) is 14.3. The van der Waals surface area contributed by atoms with Crippen LogP contribution < -0.4 is 10.6 Å². The van der Waals surface area contributed by atoms with E-state index in [0.717, 1.165) is 23.3 Å². The normalized spacial score (nSPS) is 10.5. The predicted molar refractivity (Wildman–Crippen MR) is 95.1 cm³/mol. The van der Waals surface area contributed by atoms with Crippen molar-refractivity contribution in [2.45, 2.75) is 13.3 Å². The van der Waals surface area contributed by atoms with Crippen molar-refractivity contribution < 1.29 is 18.0 Å². The lowest BCUT2D eigenvalue weighted by Gasteiger charge is -2.08. The standard InChI is InChI=1S/C19H15F3N4O/c1-11-2-4-12(5-3-11)10-17(27)24-16-9-8-15(25-26-16)23-14-7-6-13(20)18(21)19(14)22/h2-9H,10H2,1H3,(H,23,25)(H,24,26,27). The van der Waals surface area contributed by atoms with Gasteiger partial charge in [0.1, 0.15) is 0 Å². The van der Waals surface area contributed by atoms with Crippen molar-refractivity contribution in [3.63, 3.8) is 0 Å². The minimum Gasteiger partial charge on any atom is -0.336 e. The number of hydrogen-bond donors (Lipinski definition) is 2. The van der Waals surface area contributed by atoms with Crippen LogP contribution in [0.3, 0.4) is 0 Å². The van der Waals surface area contributed by atoms with Crippen LogP contribution in [0.4, 0.5) is 30.5 Å². The van der Waals surface area contributed by atoms with Gasteiger partial charge in [-0.15, -0.1) is 10.2 Å². The maximum absolute atomic E-state index is 13.6. The molecule has 8 heteroatoms. The lowest BCUT2D eigenvalue weighted by molar-refractivity contribution is -0.115. The van der Waals surface area contributed by atoms with E-state index in [1.165, 1.54) is 12.1 Å². The summed E-state index contributed by atoms with van der Waals surface area (Å²) in [4.78, 5) is 12.0. The SMILES string of the molecule is Cc1ccc(CC(=O)Nc2ccc(Nc3ccc(F)c(F)c3F)nn2)cc1. The Morgan fingerprint density at radius 1 is 0.889 bits per heavy atom. The molecule has 0 aliphatic rings. The lowest BCUT2D eigenvalue weighted by atomic mass is 10.1. The van der Waals surface area contributed by atoms with Crippen LogP contribution in [0.25, 0.3) is 0 Å². The van der Waals surface area contributed by atoms with Gasteiger partial charge in [0.2, 0.25) is 5.91 Å². The van der Waals surface area contributed by atoms with Crippen LogP contribution in [0.2, 0.25) is 0 Å². The Morgan fingerprint density at radius 2 is 1.56 bits per heavy atom. The molecule has 1 heterocycles. The monoisotopic (exact) mass is 372 g/mol. The quantitative estimate of drug-likeness (QED) is 0.661. The zero-order valence-corrected chi connectivity index (χ0v) is 14.3. The fourth-order valence-corrected chi connectivity index (χ4v) is 2.30. The summed E-state index contributed by atoms with van der Waals surface area (Å²) in [7, 11) is 0. The number of amides is 1. The maximum Gasteiger partial charge on any atom is 0.229 e. The topological polar surface area (TPSA) is 66.9 Å². The molecule has 3 rings (SSSR count). The molecule has 0 atom stereocenters. The van der Waals surface area contributed by atoms with E-state index in [9.17, 15) is 18.0 Å². The number of hydrogen-bond acceptors (Lipinski definition) is 4. The van der Waals surface area contributed by atoms with Crippen molar-refractivity contribution in [1.29, 1.82) is 0 Å². The molecular weight excluding hydrogens is 357 g/mol. The van der Waals surface area contributed by atoms with Gasteiger partial charge in [0, 0.05) is 0 Å². The average Bonchev–Trinajstić information content (AvgIpc) is 2.65.